The van der Waals surface area contributed by atoms with E-state index in [1.807, 2.05) is 6.07 Å². The Hall–Kier alpha value is -1.95. The fraction of sp³-hybridized carbons (Fsp3) is 0.0714. The van der Waals surface area contributed by atoms with Crippen LogP contribution in [0.4, 0.5) is 14.5 Å². The molecule has 0 bridgehead atoms. The van der Waals surface area contributed by atoms with Gasteiger partial charge in [-0.2, -0.15) is 0 Å². The molecule has 0 aliphatic carbocycles. The normalized spacial score (nSPS) is 10.2. The van der Waals surface area contributed by atoms with Crippen molar-refractivity contribution in [2.45, 2.75) is 0 Å². The number of benzene rings is 2. The maximum Gasteiger partial charge on any atom is 0.262 e. The average molecular weight is 342 g/mol. The van der Waals surface area contributed by atoms with Gasteiger partial charge in [0.05, 0.1) is 0 Å². The summed E-state index contributed by atoms with van der Waals surface area (Å²) < 4.78 is 31.8. The molecule has 3 nitrogen and oxygen atoms in total. The van der Waals surface area contributed by atoms with E-state index in [9.17, 15) is 13.6 Å². The van der Waals surface area contributed by atoms with Gasteiger partial charge in [-0.25, -0.2) is 8.78 Å². The Balaban J connectivity index is 1.92. The summed E-state index contributed by atoms with van der Waals surface area (Å²) >= 11 is 3.28. The molecule has 2 rings (SSSR count). The average Bonchev–Trinajstić information content (AvgIpc) is 2.37. The number of halogens is 3. The number of nitrogens with one attached hydrogen (secondary N) is 1. The SMILES string of the molecule is O=C(COc1ccc(F)cc1F)Nc1cccc(Br)c1. The molecule has 6 heteroatoms. The van der Waals surface area contributed by atoms with E-state index in [-0.39, 0.29) is 12.4 Å². The number of amides is 1. The molecule has 2 aromatic rings. The van der Waals surface area contributed by atoms with Gasteiger partial charge in [-0.15, -0.1) is 0 Å². The summed E-state index contributed by atoms with van der Waals surface area (Å²) in [7, 11) is 0. The molecule has 0 aromatic heterocycles. The van der Waals surface area contributed by atoms with Crippen molar-refractivity contribution in [1.82, 2.24) is 0 Å². The third-order valence-electron chi connectivity index (χ3n) is 2.36. The molecule has 0 unspecified atom stereocenters. The van der Waals surface area contributed by atoms with Gasteiger partial charge in [0.15, 0.2) is 18.2 Å². The van der Waals surface area contributed by atoms with E-state index < -0.39 is 17.5 Å². The molecule has 0 aliphatic rings. The highest BCUT2D eigenvalue weighted by Gasteiger charge is 2.08. The van der Waals surface area contributed by atoms with Crippen LogP contribution in [0, 0.1) is 11.6 Å². The molecule has 0 radical (unpaired) electrons. The van der Waals surface area contributed by atoms with Crippen molar-refractivity contribution < 1.29 is 18.3 Å². The molecule has 0 spiro atoms. The lowest BCUT2D eigenvalue weighted by molar-refractivity contribution is -0.118. The lowest BCUT2D eigenvalue weighted by Crippen LogP contribution is -2.20. The molecule has 0 fully saturated rings. The Labute approximate surface area is 122 Å². The number of hydrogen-bond donors (Lipinski definition) is 1. The predicted molar refractivity (Wildman–Crippen MR) is 74.6 cm³/mol. The predicted octanol–water partition coefficient (Wildman–Crippen LogP) is 3.74. The summed E-state index contributed by atoms with van der Waals surface area (Å²) in [6.07, 6.45) is 0. The van der Waals surface area contributed by atoms with Crippen molar-refractivity contribution in [2.24, 2.45) is 0 Å². The van der Waals surface area contributed by atoms with Crippen LogP contribution in [0.1, 0.15) is 0 Å². The Morgan fingerprint density at radius 3 is 2.70 bits per heavy atom. The number of ether oxygens (including phenoxy) is 1. The number of anilines is 1. The first kappa shape index (κ1) is 14.5. The van der Waals surface area contributed by atoms with Gasteiger partial charge in [-0.3, -0.25) is 4.79 Å². The second kappa shape index (κ2) is 6.47. The van der Waals surface area contributed by atoms with Crippen LogP contribution in [-0.2, 0) is 4.79 Å². The number of hydrogen-bond acceptors (Lipinski definition) is 2. The quantitative estimate of drug-likeness (QED) is 0.919. The monoisotopic (exact) mass is 341 g/mol. The molecule has 0 atom stereocenters. The van der Waals surface area contributed by atoms with E-state index in [1.54, 1.807) is 18.2 Å². The zero-order valence-corrected chi connectivity index (χ0v) is 11.8. The molecule has 0 aliphatic heterocycles. The topological polar surface area (TPSA) is 38.3 Å². The van der Waals surface area contributed by atoms with Crippen molar-refractivity contribution in [2.75, 3.05) is 11.9 Å². The molecule has 1 amide bonds. The van der Waals surface area contributed by atoms with E-state index in [0.717, 1.165) is 16.6 Å². The van der Waals surface area contributed by atoms with Gasteiger partial charge in [0.25, 0.3) is 5.91 Å². The second-order valence-corrected chi connectivity index (χ2v) is 4.84. The zero-order valence-electron chi connectivity index (χ0n) is 10.2. The van der Waals surface area contributed by atoms with Crippen LogP contribution in [0.5, 0.6) is 5.75 Å². The third-order valence-corrected chi connectivity index (χ3v) is 2.85. The van der Waals surface area contributed by atoms with Crippen molar-refractivity contribution in [1.29, 1.82) is 0 Å². The minimum absolute atomic E-state index is 0.171. The van der Waals surface area contributed by atoms with Crippen LogP contribution in [0.15, 0.2) is 46.9 Å². The standard InChI is InChI=1S/C14H10BrF2NO2/c15-9-2-1-3-11(6-9)18-14(19)8-20-13-5-4-10(16)7-12(13)17/h1-7H,8H2,(H,18,19). The fourth-order valence-corrected chi connectivity index (χ4v) is 1.90. The van der Waals surface area contributed by atoms with Gasteiger partial charge in [0.2, 0.25) is 0 Å². The van der Waals surface area contributed by atoms with Crippen molar-refractivity contribution >= 4 is 27.5 Å². The molecule has 2 aromatic carbocycles. The Bertz CT molecular complexity index is 634. The Morgan fingerprint density at radius 2 is 2.00 bits per heavy atom. The number of carbonyl (C=O) groups excluding carboxylic acids is 1. The first-order valence-electron chi connectivity index (χ1n) is 5.68. The van der Waals surface area contributed by atoms with Crippen LogP contribution in [0.2, 0.25) is 0 Å². The minimum Gasteiger partial charge on any atom is -0.481 e. The van der Waals surface area contributed by atoms with Crippen LogP contribution < -0.4 is 10.1 Å². The molecular weight excluding hydrogens is 332 g/mol. The van der Waals surface area contributed by atoms with Gasteiger partial charge in [0, 0.05) is 16.2 Å². The number of carbonyl (C=O) groups is 1. The van der Waals surface area contributed by atoms with Crippen molar-refractivity contribution in [3.8, 4) is 5.75 Å². The van der Waals surface area contributed by atoms with E-state index in [4.69, 9.17) is 4.74 Å². The van der Waals surface area contributed by atoms with E-state index >= 15 is 0 Å². The van der Waals surface area contributed by atoms with Crippen LogP contribution in [0.3, 0.4) is 0 Å². The fourth-order valence-electron chi connectivity index (χ4n) is 1.50. The first-order valence-corrected chi connectivity index (χ1v) is 6.47. The molecular formula is C14H10BrF2NO2. The van der Waals surface area contributed by atoms with Crippen LogP contribution >= 0.6 is 15.9 Å². The van der Waals surface area contributed by atoms with Crippen molar-refractivity contribution in [3.05, 3.63) is 58.6 Å². The van der Waals surface area contributed by atoms with Gasteiger partial charge >= 0.3 is 0 Å². The Kier molecular flexibility index (Phi) is 4.68. The molecule has 20 heavy (non-hydrogen) atoms. The third kappa shape index (κ3) is 4.03. The maximum atomic E-state index is 13.3. The highest BCUT2D eigenvalue weighted by Crippen LogP contribution is 2.18. The van der Waals surface area contributed by atoms with Gasteiger partial charge < -0.3 is 10.1 Å². The molecule has 0 saturated heterocycles. The Morgan fingerprint density at radius 1 is 1.20 bits per heavy atom. The maximum absolute atomic E-state index is 13.3. The molecule has 0 saturated carbocycles. The summed E-state index contributed by atoms with van der Waals surface area (Å²) in [5.41, 5.74) is 0.590. The van der Waals surface area contributed by atoms with Gasteiger partial charge in [-0.1, -0.05) is 22.0 Å². The minimum atomic E-state index is -0.847. The summed E-state index contributed by atoms with van der Waals surface area (Å²) in [5, 5.41) is 2.59. The highest BCUT2D eigenvalue weighted by atomic mass is 79.9. The van der Waals surface area contributed by atoms with E-state index in [2.05, 4.69) is 21.2 Å². The lowest BCUT2D eigenvalue weighted by Gasteiger charge is -2.08. The summed E-state index contributed by atoms with van der Waals surface area (Å²) in [6, 6.07) is 9.90. The largest absolute Gasteiger partial charge is 0.481 e. The smallest absolute Gasteiger partial charge is 0.262 e. The molecule has 104 valence electrons. The number of rotatable bonds is 4. The first-order chi connectivity index (χ1) is 9.54. The van der Waals surface area contributed by atoms with Crippen LogP contribution in [-0.4, -0.2) is 12.5 Å². The van der Waals surface area contributed by atoms with Crippen LogP contribution in [0.25, 0.3) is 0 Å². The summed E-state index contributed by atoms with van der Waals surface area (Å²) in [6.45, 7) is -0.366. The summed E-state index contributed by atoms with van der Waals surface area (Å²) in [5.74, 6) is -2.16. The van der Waals surface area contributed by atoms with Gasteiger partial charge in [0.1, 0.15) is 5.82 Å². The highest BCUT2D eigenvalue weighted by molar-refractivity contribution is 9.10. The molecule has 0 heterocycles. The second-order valence-electron chi connectivity index (χ2n) is 3.92. The lowest BCUT2D eigenvalue weighted by atomic mass is 10.3. The summed E-state index contributed by atoms with van der Waals surface area (Å²) in [4.78, 5) is 11.6. The van der Waals surface area contributed by atoms with Crippen molar-refractivity contribution in [3.63, 3.8) is 0 Å². The van der Waals surface area contributed by atoms with E-state index in [1.165, 1.54) is 0 Å². The molecule has 1 N–H and O–H groups in total. The zero-order chi connectivity index (χ0) is 14.5. The van der Waals surface area contributed by atoms with Gasteiger partial charge in [-0.05, 0) is 30.3 Å². The van der Waals surface area contributed by atoms with E-state index in [0.29, 0.717) is 11.8 Å².